The van der Waals surface area contributed by atoms with Gasteiger partial charge in [0.25, 0.3) is 5.69 Å². The van der Waals surface area contributed by atoms with Gasteiger partial charge in [0.2, 0.25) is 0 Å². The molecule has 0 saturated carbocycles. The molecule has 1 aromatic rings. The van der Waals surface area contributed by atoms with Crippen molar-refractivity contribution in [3.8, 4) is 0 Å². The van der Waals surface area contributed by atoms with E-state index < -0.39 is 10.9 Å². The fraction of sp³-hybridized carbons (Fsp3) is 0.417. The number of nitrogens with one attached hydrogen (secondary N) is 1. The van der Waals surface area contributed by atoms with Crippen LogP contribution in [0.5, 0.6) is 0 Å². The zero-order valence-electron chi connectivity index (χ0n) is 10.2. The number of carboxylic acids is 1. The third kappa shape index (κ3) is 3.81. The topological polar surface area (TPSA) is 92.5 Å². The Balaban J connectivity index is 2.86. The first-order valence-corrected chi connectivity index (χ1v) is 5.77. The van der Waals surface area contributed by atoms with Gasteiger partial charge < -0.3 is 10.4 Å². The highest BCUT2D eigenvalue weighted by Gasteiger charge is 2.15. The van der Waals surface area contributed by atoms with Crippen molar-refractivity contribution < 1.29 is 14.8 Å². The summed E-state index contributed by atoms with van der Waals surface area (Å²) in [6, 6.07) is 3.83. The van der Waals surface area contributed by atoms with Crippen molar-refractivity contribution in [1.82, 2.24) is 5.32 Å². The second-order valence-electron chi connectivity index (χ2n) is 3.94. The van der Waals surface area contributed by atoms with E-state index in [4.69, 9.17) is 5.11 Å². The van der Waals surface area contributed by atoms with Gasteiger partial charge in [-0.05, 0) is 25.1 Å². The number of rotatable bonds is 7. The van der Waals surface area contributed by atoms with Crippen LogP contribution in [-0.4, -0.2) is 22.5 Å². The van der Waals surface area contributed by atoms with Gasteiger partial charge in [0.05, 0.1) is 10.5 Å². The van der Waals surface area contributed by atoms with E-state index in [1.807, 2.05) is 0 Å². The summed E-state index contributed by atoms with van der Waals surface area (Å²) in [7, 11) is 0. The van der Waals surface area contributed by atoms with Gasteiger partial charge in [-0.3, -0.25) is 10.1 Å². The van der Waals surface area contributed by atoms with Gasteiger partial charge in [0.1, 0.15) is 0 Å². The first kappa shape index (κ1) is 14.1. The average Bonchev–Trinajstić information content (AvgIpc) is 2.34. The average molecular weight is 252 g/mol. The first-order valence-electron chi connectivity index (χ1n) is 5.77. The number of carboxylic acid groups (broad SMARTS) is 1. The SMILES string of the molecule is CCCCNCc1cc(C(=O)O)ccc1[N+](=O)[O-]. The van der Waals surface area contributed by atoms with Gasteiger partial charge in [-0.15, -0.1) is 0 Å². The molecule has 6 heteroatoms. The van der Waals surface area contributed by atoms with Gasteiger partial charge in [-0.2, -0.15) is 0 Å². The summed E-state index contributed by atoms with van der Waals surface area (Å²) >= 11 is 0. The Morgan fingerprint density at radius 1 is 1.50 bits per heavy atom. The van der Waals surface area contributed by atoms with Gasteiger partial charge >= 0.3 is 5.97 Å². The van der Waals surface area contributed by atoms with Crippen LogP contribution in [0.3, 0.4) is 0 Å². The van der Waals surface area contributed by atoms with Crippen molar-refractivity contribution in [2.24, 2.45) is 0 Å². The molecule has 0 heterocycles. The minimum Gasteiger partial charge on any atom is -0.478 e. The van der Waals surface area contributed by atoms with Crippen LogP contribution in [-0.2, 0) is 6.54 Å². The van der Waals surface area contributed by atoms with E-state index in [-0.39, 0.29) is 11.3 Å². The lowest BCUT2D eigenvalue weighted by molar-refractivity contribution is -0.385. The molecule has 6 nitrogen and oxygen atoms in total. The van der Waals surface area contributed by atoms with E-state index in [2.05, 4.69) is 12.2 Å². The largest absolute Gasteiger partial charge is 0.478 e. The Kier molecular flexibility index (Phi) is 5.26. The number of nitro benzene ring substituents is 1. The standard InChI is InChI=1S/C12H16N2O4/c1-2-3-6-13-8-10-7-9(12(15)16)4-5-11(10)14(17)18/h4-5,7,13H,2-3,6,8H2,1H3,(H,15,16). The van der Waals surface area contributed by atoms with Crippen LogP contribution in [0.1, 0.15) is 35.7 Å². The molecule has 0 aromatic heterocycles. The lowest BCUT2D eigenvalue weighted by Crippen LogP contribution is -2.16. The highest BCUT2D eigenvalue weighted by atomic mass is 16.6. The quantitative estimate of drug-likeness (QED) is 0.441. The number of aromatic carboxylic acids is 1. The van der Waals surface area contributed by atoms with Gasteiger partial charge in [-0.25, -0.2) is 4.79 Å². The van der Waals surface area contributed by atoms with E-state index in [1.165, 1.54) is 18.2 Å². The predicted molar refractivity (Wildman–Crippen MR) is 66.7 cm³/mol. The van der Waals surface area contributed by atoms with Crippen molar-refractivity contribution in [3.05, 3.63) is 39.4 Å². The van der Waals surface area contributed by atoms with Crippen molar-refractivity contribution in [2.45, 2.75) is 26.3 Å². The number of nitro groups is 1. The highest BCUT2D eigenvalue weighted by Crippen LogP contribution is 2.20. The molecule has 1 rings (SSSR count). The normalized spacial score (nSPS) is 10.3. The monoisotopic (exact) mass is 252 g/mol. The molecule has 0 saturated heterocycles. The summed E-state index contributed by atoms with van der Waals surface area (Å²) in [5.41, 5.74) is 0.410. The van der Waals surface area contributed by atoms with Crippen molar-refractivity contribution in [2.75, 3.05) is 6.54 Å². The minimum absolute atomic E-state index is 0.0519. The van der Waals surface area contributed by atoms with Crippen LogP contribution in [0.15, 0.2) is 18.2 Å². The van der Waals surface area contributed by atoms with Crippen LogP contribution < -0.4 is 5.32 Å². The van der Waals surface area contributed by atoms with Crippen LogP contribution in [0.2, 0.25) is 0 Å². The fourth-order valence-corrected chi connectivity index (χ4v) is 1.56. The van der Waals surface area contributed by atoms with Crippen LogP contribution in [0, 0.1) is 10.1 Å². The zero-order valence-corrected chi connectivity index (χ0v) is 10.2. The Hall–Kier alpha value is -1.95. The maximum absolute atomic E-state index is 10.8. The molecule has 0 spiro atoms. The second-order valence-corrected chi connectivity index (χ2v) is 3.94. The molecular formula is C12H16N2O4. The van der Waals surface area contributed by atoms with E-state index in [9.17, 15) is 14.9 Å². The molecular weight excluding hydrogens is 236 g/mol. The van der Waals surface area contributed by atoms with Gasteiger partial charge in [0, 0.05) is 18.2 Å². The maximum atomic E-state index is 10.8. The predicted octanol–water partition coefficient (Wildman–Crippen LogP) is 2.18. The molecule has 0 radical (unpaired) electrons. The van der Waals surface area contributed by atoms with Crippen molar-refractivity contribution in [3.63, 3.8) is 0 Å². The zero-order chi connectivity index (χ0) is 13.5. The summed E-state index contributed by atoms with van der Waals surface area (Å²) in [5.74, 6) is -1.08. The Bertz CT molecular complexity index is 446. The summed E-state index contributed by atoms with van der Waals surface area (Å²) in [5, 5.41) is 22.7. The third-order valence-electron chi connectivity index (χ3n) is 2.55. The van der Waals surface area contributed by atoms with Crippen molar-refractivity contribution in [1.29, 1.82) is 0 Å². The molecule has 0 bridgehead atoms. The smallest absolute Gasteiger partial charge is 0.335 e. The second kappa shape index (κ2) is 6.70. The maximum Gasteiger partial charge on any atom is 0.335 e. The molecule has 0 amide bonds. The van der Waals surface area contributed by atoms with Crippen LogP contribution in [0.25, 0.3) is 0 Å². The number of hydrogen-bond donors (Lipinski definition) is 2. The first-order chi connectivity index (χ1) is 8.56. The molecule has 18 heavy (non-hydrogen) atoms. The molecule has 1 aromatic carbocycles. The molecule has 2 N–H and O–H groups in total. The number of benzene rings is 1. The van der Waals surface area contributed by atoms with Crippen molar-refractivity contribution >= 4 is 11.7 Å². The Morgan fingerprint density at radius 2 is 2.22 bits per heavy atom. The van der Waals surface area contributed by atoms with Gasteiger partial charge in [0.15, 0.2) is 0 Å². The lowest BCUT2D eigenvalue weighted by atomic mass is 10.1. The third-order valence-corrected chi connectivity index (χ3v) is 2.55. The van der Waals surface area contributed by atoms with E-state index in [1.54, 1.807) is 0 Å². The molecule has 98 valence electrons. The summed E-state index contributed by atoms with van der Waals surface area (Å²) in [6.07, 6.45) is 2.01. The highest BCUT2D eigenvalue weighted by molar-refractivity contribution is 5.88. The molecule has 0 aliphatic rings. The van der Waals surface area contributed by atoms with E-state index >= 15 is 0 Å². The Labute approximate surface area is 105 Å². The number of unbranched alkanes of at least 4 members (excludes halogenated alkanes) is 1. The van der Waals surface area contributed by atoms with Crippen LogP contribution >= 0.6 is 0 Å². The van der Waals surface area contributed by atoms with E-state index in [0.29, 0.717) is 12.1 Å². The fourth-order valence-electron chi connectivity index (χ4n) is 1.56. The summed E-state index contributed by atoms with van der Waals surface area (Å²) < 4.78 is 0. The number of nitrogens with zero attached hydrogens (tertiary/aromatic N) is 1. The van der Waals surface area contributed by atoms with Crippen LogP contribution in [0.4, 0.5) is 5.69 Å². The molecule has 0 aliphatic carbocycles. The summed E-state index contributed by atoms with van der Waals surface area (Å²) in [6.45, 7) is 3.11. The summed E-state index contributed by atoms with van der Waals surface area (Å²) in [4.78, 5) is 21.1. The molecule has 0 atom stereocenters. The van der Waals surface area contributed by atoms with Gasteiger partial charge in [-0.1, -0.05) is 13.3 Å². The Morgan fingerprint density at radius 3 is 2.78 bits per heavy atom. The molecule has 0 aliphatic heterocycles. The number of carbonyl (C=O) groups is 1. The van der Waals surface area contributed by atoms with E-state index in [0.717, 1.165) is 19.4 Å². The number of hydrogen-bond acceptors (Lipinski definition) is 4. The molecule has 0 unspecified atom stereocenters. The molecule has 0 fully saturated rings. The minimum atomic E-state index is -1.08. The lowest BCUT2D eigenvalue weighted by Gasteiger charge is -2.06.